The standard InChI is InChI=1S/C27H28NO/c1-19-6-11-25-24(16-19)22(17-20-12-14-28(5)15-13-20)18-26(29-25)21-7-9-23(10-8-21)27(2,3)4/h6-18H,1-5H3/q+1. The Bertz CT molecular complexity index is 1090. The molecule has 2 nitrogen and oxygen atoms in total. The Morgan fingerprint density at radius 1 is 0.897 bits per heavy atom. The van der Waals surface area contributed by atoms with Gasteiger partial charge in [-0.3, -0.25) is 0 Å². The van der Waals surface area contributed by atoms with E-state index in [0.29, 0.717) is 0 Å². The summed E-state index contributed by atoms with van der Waals surface area (Å²) in [6.07, 6.45) is 8.52. The van der Waals surface area contributed by atoms with Crippen molar-refractivity contribution in [3.05, 3.63) is 101 Å². The molecule has 29 heavy (non-hydrogen) atoms. The summed E-state index contributed by atoms with van der Waals surface area (Å²) in [7, 11) is 2.03. The SMILES string of the molecule is Cc1ccc2c(c1)C(=Cc1cc[n+](C)cc1)C=C(c1ccc(C(C)(C)C)cc1)O2. The van der Waals surface area contributed by atoms with Crippen LogP contribution in [0, 0.1) is 6.92 Å². The maximum atomic E-state index is 6.30. The molecule has 1 aliphatic heterocycles. The first-order chi connectivity index (χ1) is 13.8. The molecular weight excluding hydrogens is 354 g/mol. The van der Waals surface area contributed by atoms with Crippen LogP contribution >= 0.6 is 0 Å². The molecule has 0 amide bonds. The van der Waals surface area contributed by atoms with Crippen molar-refractivity contribution in [3.8, 4) is 5.75 Å². The van der Waals surface area contributed by atoms with Gasteiger partial charge in [0.2, 0.25) is 0 Å². The van der Waals surface area contributed by atoms with E-state index in [1.165, 1.54) is 22.3 Å². The normalized spacial score (nSPS) is 14.9. The van der Waals surface area contributed by atoms with Crippen LogP contribution in [0.2, 0.25) is 0 Å². The third kappa shape index (κ3) is 4.17. The van der Waals surface area contributed by atoms with Crippen LogP contribution in [-0.4, -0.2) is 0 Å². The first-order valence-corrected chi connectivity index (χ1v) is 10.1. The molecule has 0 spiro atoms. The Kier molecular flexibility index (Phi) is 4.87. The quantitative estimate of drug-likeness (QED) is 0.489. The topological polar surface area (TPSA) is 13.1 Å². The number of aromatic nitrogens is 1. The van der Waals surface area contributed by atoms with Crippen molar-refractivity contribution >= 4 is 17.4 Å². The Morgan fingerprint density at radius 3 is 2.24 bits per heavy atom. The van der Waals surface area contributed by atoms with Gasteiger partial charge in [0.25, 0.3) is 0 Å². The van der Waals surface area contributed by atoms with Crippen LogP contribution < -0.4 is 9.30 Å². The van der Waals surface area contributed by atoms with Crippen molar-refractivity contribution in [1.29, 1.82) is 0 Å². The lowest BCUT2D eigenvalue weighted by atomic mass is 9.86. The van der Waals surface area contributed by atoms with Crippen molar-refractivity contribution in [1.82, 2.24) is 0 Å². The predicted octanol–water partition coefficient (Wildman–Crippen LogP) is 6.09. The Morgan fingerprint density at radius 2 is 1.59 bits per heavy atom. The molecule has 146 valence electrons. The van der Waals surface area contributed by atoms with E-state index in [-0.39, 0.29) is 5.41 Å². The maximum absolute atomic E-state index is 6.30. The molecule has 0 N–H and O–H groups in total. The number of allylic oxidation sites excluding steroid dienone is 2. The van der Waals surface area contributed by atoms with Gasteiger partial charge in [0.05, 0.1) is 0 Å². The molecule has 0 fully saturated rings. The highest BCUT2D eigenvalue weighted by Gasteiger charge is 2.19. The second-order valence-corrected chi connectivity index (χ2v) is 8.83. The molecule has 2 heterocycles. The molecule has 0 saturated carbocycles. The van der Waals surface area contributed by atoms with Gasteiger partial charge in [-0.15, -0.1) is 0 Å². The lowest BCUT2D eigenvalue weighted by Crippen LogP contribution is -2.25. The molecule has 1 aliphatic rings. The van der Waals surface area contributed by atoms with Crippen LogP contribution in [0.3, 0.4) is 0 Å². The average Bonchev–Trinajstić information content (AvgIpc) is 2.69. The molecular formula is C27H28NO+. The average molecular weight is 383 g/mol. The second kappa shape index (κ2) is 7.36. The van der Waals surface area contributed by atoms with Crippen molar-refractivity contribution < 1.29 is 9.30 Å². The number of ether oxygens (including phenoxy) is 1. The molecule has 0 saturated heterocycles. The van der Waals surface area contributed by atoms with Crippen LogP contribution in [0.1, 0.15) is 48.6 Å². The molecule has 2 heteroatoms. The van der Waals surface area contributed by atoms with E-state index in [2.05, 4.69) is 107 Å². The molecule has 3 aromatic rings. The molecule has 0 unspecified atom stereocenters. The van der Waals surface area contributed by atoms with E-state index in [9.17, 15) is 0 Å². The number of benzene rings is 2. The van der Waals surface area contributed by atoms with Gasteiger partial charge in [0, 0.05) is 23.3 Å². The monoisotopic (exact) mass is 382 g/mol. The van der Waals surface area contributed by atoms with E-state index < -0.39 is 0 Å². The van der Waals surface area contributed by atoms with E-state index in [1.54, 1.807) is 0 Å². The Balaban J connectivity index is 1.78. The van der Waals surface area contributed by atoms with Gasteiger partial charge in [-0.25, -0.2) is 4.57 Å². The van der Waals surface area contributed by atoms with Gasteiger partial charge < -0.3 is 4.74 Å². The number of pyridine rings is 1. The van der Waals surface area contributed by atoms with Crippen molar-refractivity contribution in [3.63, 3.8) is 0 Å². The summed E-state index contributed by atoms with van der Waals surface area (Å²) in [6, 6.07) is 19.3. The minimum Gasteiger partial charge on any atom is -0.456 e. The highest BCUT2D eigenvalue weighted by atomic mass is 16.5. The number of hydrogen-bond acceptors (Lipinski definition) is 1. The van der Waals surface area contributed by atoms with E-state index >= 15 is 0 Å². The van der Waals surface area contributed by atoms with E-state index in [1.807, 2.05) is 11.6 Å². The fourth-order valence-corrected chi connectivity index (χ4v) is 3.51. The predicted molar refractivity (Wildman–Crippen MR) is 120 cm³/mol. The number of rotatable bonds is 2. The third-order valence-electron chi connectivity index (χ3n) is 5.31. The second-order valence-electron chi connectivity index (χ2n) is 8.83. The first-order valence-electron chi connectivity index (χ1n) is 10.1. The minimum absolute atomic E-state index is 0.138. The first kappa shape index (κ1) is 19.2. The Labute approximate surface area is 173 Å². The summed E-state index contributed by atoms with van der Waals surface area (Å²) in [6.45, 7) is 8.82. The summed E-state index contributed by atoms with van der Waals surface area (Å²) in [5.74, 6) is 1.79. The van der Waals surface area contributed by atoms with Crippen molar-refractivity contribution in [2.45, 2.75) is 33.1 Å². The van der Waals surface area contributed by atoms with Crippen LogP contribution in [0.15, 0.2) is 73.1 Å². The highest BCUT2D eigenvalue weighted by Crippen LogP contribution is 2.38. The smallest absolute Gasteiger partial charge is 0.169 e. The fourth-order valence-electron chi connectivity index (χ4n) is 3.51. The molecule has 2 aromatic carbocycles. The number of nitrogens with zero attached hydrogens (tertiary/aromatic N) is 1. The fraction of sp³-hybridized carbons (Fsp3) is 0.222. The number of aryl methyl sites for hydroxylation is 2. The Hall–Kier alpha value is -3.13. The van der Waals surface area contributed by atoms with Crippen molar-refractivity contribution in [2.24, 2.45) is 7.05 Å². The zero-order chi connectivity index (χ0) is 20.6. The van der Waals surface area contributed by atoms with Gasteiger partial charge in [-0.05, 0) is 53.3 Å². The highest BCUT2D eigenvalue weighted by molar-refractivity contribution is 5.96. The summed E-state index contributed by atoms with van der Waals surface area (Å²) < 4.78 is 8.35. The van der Waals surface area contributed by atoms with E-state index in [4.69, 9.17) is 4.74 Å². The van der Waals surface area contributed by atoms with Crippen molar-refractivity contribution in [2.75, 3.05) is 0 Å². The molecule has 1 aromatic heterocycles. The van der Waals surface area contributed by atoms with Gasteiger partial charge in [-0.1, -0.05) is 56.7 Å². The molecule has 0 atom stereocenters. The lowest BCUT2D eigenvalue weighted by Gasteiger charge is -2.23. The largest absolute Gasteiger partial charge is 0.456 e. The summed E-state index contributed by atoms with van der Waals surface area (Å²) in [4.78, 5) is 0. The minimum atomic E-state index is 0.138. The van der Waals surface area contributed by atoms with Gasteiger partial charge >= 0.3 is 0 Å². The van der Waals surface area contributed by atoms with Crippen LogP contribution in [0.25, 0.3) is 17.4 Å². The van der Waals surface area contributed by atoms with Crippen LogP contribution in [0.5, 0.6) is 5.75 Å². The number of hydrogen-bond donors (Lipinski definition) is 0. The summed E-state index contributed by atoms with van der Waals surface area (Å²) in [5, 5.41) is 0. The lowest BCUT2D eigenvalue weighted by molar-refractivity contribution is -0.671. The van der Waals surface area contributed by atoms with E-state index in [0.717, 1.165) is 22.6 Å². The number of fused-ring (bicyclic) bond motifs is 1. The van der Waals surface area contributed by atoms with Crippen LogP contribution in [0.4, 0.5) is 0 Å². The summed E-state index contributed by atoms with van der Waals surface area (Å²) >= 11 is 0. The van der Waals surface area contributed by atoms with Crippen LogP contribution in [-0.2, 0) is 12.5 Å². The zero-order valence-electron chi connectivity index (χ0n) is 17.9. The zero-order valence-corrected chi connectivity index (χ0v) is 17.9. The van der Waals surface area contributed by atoms with Gasteiger partial charge in [-0.2, -0.15) is 0 Å². The third-order valence-corrected chi connectivity index (χ3v) is 5.31. The molecule has 0 aliphatic carbocycles. The molecule has 4 rings (SSSR count). The van der Waals surface area contributed by atoms with Gasteiger partial charge in [0.1, 0.15) is 18.6 Å². The maximum Gasteiger partial charge on any atom is 0.169 e. The summed E-state index contributed by atoms with van der Waals surface area (Å²) in [5.41, 5.74) is 7.25. The molecule has 0 radical (unpaired) electrons. The molecule has 0 bridgehead atoms. The van der Waals surface area contributed by atoms with Gasteiger partial charge in [0.15, 0.2) is 12.4 Å².